The van der Waals surface area contributed by atoms with E-state index in [0.29, 0.717) is 6.42 Å². The van der Waals surface area contributed by atoms with Crippen molar-refractivity contribution in [2.75, 3.05) is 6.44 Å². The van der Waals surface area contributed by atoms with E-state index in [4.69, 9.17) is 10.0 Å². The van der Waals surface area contributed by atoms with Crippen LogP contribution in [0.2, 0.25) is 0 Å². The molecule has 0 aromatic heterocycles. The Morgan fingerprint density at radius 1 is 0.846 bits per heavy atom. The summed E-state index contributed by atoms with van der Waals surface area (Å²) >= 11 is 0. The Hall–Kier alpha value is -2.52. The van der Waals surface area contributed by atoms with Gasteiger partial charge >= 0.3 is 7.12 Å². The van der Waals surface area contributed by atoms with Gasteiger partial charge in [-0.05, 0) is 24.3 Å². The van der Waals surface area contributed by atoms with Crippen molar-refractivity contribution in [2.45, 2.75) is 104 Å². The molecule has 0 bridgehead atoms. The van der Waals surface area contributed by atoms with Gasteiger partial charge < -0.3 is 20.7 Å². The summed E-state index contributed by atoms with van der Waals surface area (Å²) in [6.45, 7) is 7.58. The normalized spacial score (nSPS) is 13.4. The number of benzene rings is 1. The monoisotopic (exact) mass is 544 g/mol. The first kappa shape index (κ1) is 34.5. The number of unbranched alkanes of at least 4 members (excludes halogenated alkanes) is 6. The Labute approximate surface area is 234 Å². The van der Waals surface area contributed by atoms with Crippen LogP contribution in [-0.2, 0) is 25.6 Å². The van der Waals surface area contributed by atoms with Crippen LogP contribution in [0.1, 0.15) is 97.5 Å². The topological polar surface area (TPSA) is 133 Å². The molecule has 0 aliphatic heterocycles. The van der Waals surface area contributed by atoms with Crippen molar-refractivity contribution in [2.24, 2.45) is 17.8 Å². The van der Waals surface area contributed by atoms with Crippen LogP contribution in [0, 0.1) is 17.8 Å². The second-order valence-corrected chi connectivity index (χ2v) is 11.0. The van der Waals surface area contributed by atoms with E-state index < -0.39 is 30.9 Å². The lowest BCUT2D eigenvalue weighted by atomic mass is 9.87. The Bertz CT molecular complexity index is 877. The fourth-order valence-corrected chi connectivity index (χ4v) is 4.53. The summed E-state index contributed by atoms with van der Waals surface area (Å²) in [5.74, 6) is -2.36. The Kier molecular flexibility index (Phi) is 17.3. The molecule has 0 saturated carbocycles. The van der Waals surface area contributed by atoms with Crippen LogP contribution >= 0.6 is 0 Å². The van der Waals surface area contributed by atoms with Crippen molar-refractivity contribution in [1.82, 2.24) is 10.6 Å². The highest BCUT2D eigenvalue weighted by Crippen LogP contribution is 2.20. The molecule has 218 valence electrons. The molecule has 3 atom stereocenters. The minimum absolute atomic E-state index is 0.0692. The summed E-state index contributed by atoms with van der Waals surface area (Å²) in [6, 6.07) is 8.47. The van der Waals surface area contributed by atoms with Crippen LogP contribution in [0.15, 0.2) is 30.3 Å². The largest absolute Gasteiger partial charge is 0.472 e. The Balaban J connectivity index is 2.80. The van der Waals surface area contributed by atoms with E-state index in [-0.39, 0.29) is 49.1 Å². The van der Waals surface area contributed by atoms with Gasteiger partial charge in [-0.1, -0.05) is 96.6 Å². The van der Waals surface area contributed by atoms with Crippen LogP contribution in [0.5, 0.6) is 0 Å². The maximum Gasteiger partial charge on any atom is 0.472 e. The van der Waals surface area contributed by atoms with Crippen molar-refractivity contribution in [1.29, 1.82) is 0 Å². The van der Waals surface area contributed by atoms with Gasteiger partial charge in [0.15, 0.2) is 5.78 Å². The second kappa shape index (κ2) is 19.5. The Morgan fingerprint density at radius 3 is 2.05 bits per heavy atom. The number of nitrogens with one attached hydrogen (secondary N) is 2. The summed E-state index contributed by atoms with van der Waals surface area (Å²) in [4.78, 5) is 51.6. The van der Waals surface area contributed by atoms with E-state index in [1.807, 2.05) is 44.2 Å². The molecular weight excluding hydrogens is 495 g/mol. The molecule has 0 radical (unpaired) electrons. The molecule has 0 saturated heterocycles. The van der Waals surface area contributed by atoms with Gasteiger partial charge in [0.1, 0.15) is 5.78 Å². The predicted molar refractivity (Wildman–Crippen MR) is 155 cm³/mol. The van der Waals surface area contributed by atoms with E-state index in [2.05, 4.69) is 17.6 Å². The van der Waals surface area contributed by atoms with Gasteiger partial charge in [-0.25, -0.2) is 0 Å². The number of ketones is 2. The molecule has 2 amide bonds. The summed E-state index contributed by atoms with van der Waals surface area (Å²) < 4.78 is 0. The molecule has 1 rings (SSSR count). The molecule has 0 spiro atoms. The highest BCUT2D eigenvalue weighted by molar-refractivity contribution is 6.41. The average molecular weight is 545 g/mol. The lowest BCUT2D eigenvalue weighted by Crippen LogP contribution is -2.47. The van der Waals surface area contributed by atoms with E-state index in [0.717, 1.165) is 24.8 Å². The van der Waals surface area contributed by atoms with Gasteiger partial charge in [-0.3, -0.25) is 19.2 Å². The molecule has 0 fully saturated rings. The summed E-state index contributed by atoms with van der Waals surface area (Å²) in [5, 5.41) is 23.2. The van der Waals surface area contributed by atoms with Gasteiger partial charge in [0.2, 0.25) is 11.8 Å². The van der Waals surface area contributed by atoms with Gasteiger partial charge in [0, 0.05) is 31.1 Å². The van der Waals surface area contributed by atoms with Gasteiger partial charge in [-0.15, -0.1) is 0 Å². The fraction of sp³-hybridized carbons (Fsp3) is 0.667. The lowest BCUT2D eigenvalue weighted by Gasteiger charge is -2.25. The number of amides is 2. The highest BCUT2D eigenvalue weighted by atomic mass is 16.4. The molecule has 0 unspecified atom stereocenters. The fourth-order valence-electron chi connectivity index (χ4n) is 4.53. The first-order chi connectivity index (χ1) is 18.5. The number of hydrogen-bond acceptors (Lipinski definition) is 6. The molecule has 1 aromatic carbocycles. The standard InChI is InChI=1S/C30H49BN2O6/c1-5-6-7-8-9-10-14-17-25(34)20-26(22(2)3)30(37)33-27(19-24-15-12-11-13-16-24)28(35)18-23(4)29(36)32-21-31(38)39/h11-13,15-16,22-23,26-27,38-39H,5-10,14,17-21H2,1-4H3,(H,32,36)(H,33,37)/t23-,26+,27+/m1/s1. The van der Waals surface area contributed by atoms with Crippen molar-refractivity contribution >= 4 is 30.5 Å². The zero-order valence-corrected chi connectivity index (χ0v) is 24.3. The molecular formula is C30H49BN2O6. The highest BCUT2D eigenvalue weighted by Gasteiger charge is 2.30. The second-order valence-electron chi connectivity index (χ2n) is 11.0. The van der Waals surface area contributed by atoms with Crippen LogP contribution in [0.4, 0.5) is 0 Å². The maximum atomic E-state index is 13.3. The van der Waals surface area contributed by atoms with E-state index in [9.17, 15) is 19.2 Å². The SMILES string of the molecule is CCCCCCCCCC(=O)C[C@H](C(=O)N[C@@H](Cc1ccccc1)C(=O)C[C@@H](C)C(=O)NCB(O)O)C(C)C. The third-order valence-electron chi connectivity index (χ3n) is 7.05. The quantitative estimate of drug-likeness (QED) is 0.137. The summed E-state index contributed by atoms with van der Waals surface area (Å²) in [7, 11) is -1.68. The lowest BCUT2D eigenvalue weighted by molar-refractivity contribution is -0.134. The van der Waals surface area contributed by atoms with E-state index in [1.54, 1.807) is 6.92 Å². The number of Topliss-reactive ketones (excluding diaryl/α,β-unsaturated/α-hetero) is 2. The number of carbonyl (C=O) groups excluding carboxylic acids is 4. The molecule has 8 nitrogen and oxygen atoms in total. The van der Waals surface area contributed by atoms with Crippen molar-refractivity contribution < 1.29 is 29.2 Å². The number of hydrogen-bond donors (Lipinski definition) is 4. The first-order valence-corrected chi connectivity index (χ1v) is 14.6. The van der Waals surface area contributed by atoms with E-state index in [1.165, 1.54) is 25.7 Å². The maximum absolute atomic E-state index is 13.3. The third-order valence-corrected chi connectivity index (χ3v) is 7.05. The Morgan fingerprint density at radius 2 is 1.46 bits per heavy atom. The first-order valence-electron chi connectivity index (χ1n) is 14.6. The summed E-state index contributed by atoms with van der Waals surface area (Å²) in [5.41, 5.74) is 0.868. The van der Waals surface area contributed by atoms with Crippen molar-refractivity contribution in [3.63, 3.8) is 0 Å². The molecule has 9 heteroatoms. The average Bonchev–Trinajstić information content (AvgIpc) is 2.89. The van der Waals surface area contributed by atoms with E-state index >= 15 is 0 Å². The number of carbonyl (C=O) groups is 4. The van der Waals surface area contributed by atoms with Gasteiger partial charge in [0.05, 0.1) is 12.5 Å². The number of rotatable bonds is 21. The third kappa shape index (κ3) is 15.0. The molecule has 0 aliphatic rings. The molecule has 0 heterocycles. The smallest absolute Gasteiger partial charge is 0.426 e. The van der Waals surface area contributed by atoms with Gasteiger partial charge in [0.25, 0.3) is 0 Å². The van der Waals surface area contributed by atoms with Crippen LogP contribution in [0.25, 0.3) is 0 Å². The molecule has 4 N–H and O–H groups in total. The van der Waals surface area contributed by atoms with Crippen LogP contribution < -0.4 is 10.6 Å². The zero-order chi connectivity index (χ0) is 29.2. The molecule has 39 heavy (non-hydrogen) atoms. The molecule has 1 aromatic rings. The zero-order valence-electron chi connectivity index (χ0n) is 24.3. The molecule has 0 aliphatic carbocycles. The predicted octanol–water partition coefficient (Wildman–Crippen LogP) is 3.81. The minimum Gasteiger partial charge on any atom is -0.426 e. The van der Waals surface area contributed by atoms with Crippen LogP contribution in [-0.4, -0.2) is 53.0 Å². The van der Waals surface area contributed by atoms with Crippen LogP contribution in [0.3, 0.4) is 0 Å². The van der Waals surface area contributed by atoms with Gasteiger partial charge in [-0.2, -0.15) is 0 Å². The summed E-state index contributed by atoms with van der Waals surface area (Å²) in [6.07, 6.45) is 8.30. The minimum atomic E-state index is -1.68. The van der Waals surface area contributed by atoms with Crippen molar-refractivity contribution in [3.05, 3.63) is 35.9 Å². The van der Waals surface area contributed by atoms with Crippen molar-refractivity contribution in [3.8, 4) is 0 Å².